The average molecular weight is 664 g/mol. The maximum absolute atomic E-state index is 15.1. The van der Waals surface area contributed by atoms with Gasteiger partial charge in [0.1, 0.15) is 0 Å². The Balaban J connectivity index is 1.35. The molecule has 3 aliphatic heterocycles. The first kappa shape index (κ1) is 32.9. The van der Waals surface area contributed by atoms with Crippen LogP contribution in [0.25, 0.3) is 16.6 Å². The van der Waals surface area contributed by atoms with Gasteiger partial charge in [-0.15, -0.1) is 0 Å². The molecule has 7 rings (SSSR count). The molecule has 3 amide bonds. The third-order valence-corrected chi connectivity index (χ3v) is 10.4. The lowest BCUT2D eigenvalue weighted by atomic mass is 9.91. The normalized spacial score (nSPS) is 17.9. The standard InChI is InChI=1S/C39H45N5O5/c1-3-4-14-40(2)37(45)34-26-44(35-12-8-7-11-32(34)35)36-22-28-13-15-42(39(47)48)23-30(28)21-33(36)38(46)43-24-29-10-6-5-9-27(29)20-31(43)25-41-16-18-49-19-17-41/h5-12,21-22,26,31H,3-4,13-20,23-25H2,1-2H3,(H,47,48)/t31-/m0/s1. The van der Waals surface area contributed by atoms with Crippen LogP contribution in [0.2, 0.25) is 0 Å². The number of morpholine rings is 1. The number of carbonyl (C=O) groups is 3. The number of rotatable bonds is 8. The molecule has 0 radical (unpaired) electrons. The average Bonchev–Trinajstić information content (AvgIpc) is 3.52. The van der Waals surface area contributed by atoms with E-state index in [1.807, 2.05) is 59.1 Å². The molecule has 4 aromatic rings. The fourth-order valence-corrected chi connectivity index (χ4v) is 7.61. The Kier molecular flexibility index (Phi) is 9.42. The van der Waals surface area contributed by atoms with Gasteiger partial charge in [-0.3, -0.25) is 14.5 Å². The highest BCUT2D eigenvalue weighted by atomic mass is 16.5. The zero-order valence-corrected chi connectivity index (χ0v) is 28.4. The lowest BCUT2D eigenvalue weighted by Gasteiger charge is -2.41. The van der Waals surface area contributed by atoms with E-state index in [2.05, 4.69) is 36.1 Å². The summed E-state index contributed by atoms with van der Waals surface area (Å²) in [6.45, 7) is 7.64. The van der Waals surface area contributed by atoms with Crippen molar-refractivity contribution in [3.8, 4) is 5.69 Å². The van der Waals surface area contributed by atoms with Crippen LogP contribution in [-0.2, 0) is 30.7 Å². The van der Waals surface area contributed by atoms with Crippen LogP contribution in [0.15, 0.2) is 66.9 Å². The van der Waals surface area contributed by atoms with Crippen LogP contribution in [0.3, 0.4) is 0 Å². The highest BCUT2D eigenvalue weighted by Crippen LogP contribution is 2.34. The van der Waals surface area contributed by atoms with Gasteiger partial charge in [0, 0.05) is 70.5 Å². The number of unbranched alkanes of at least 4 members (excludes halogenated alkanes) is 1. The Labute approximate surface area is 287 Å². The van der Waals surface area contributed by atoms with E-state index >= 15 is 4.79 Å². The number of fused-ring (bicyclic) bond motifs is 3. The van der Waals surface area contributed by atoms with Gasteiger partial charge in [0.2, 0.25) is 0 Å². The summed E-state index contributed by atoms with van der Waals surface area (Å²) in [5.41, 5.74) is 6.93. The van der Waals surface area contributed by atoms with Crippen molar-refractivity contribution in [1.29, 1.82) is 0 Å². The van der Waals surface area contributed by atoms with Gasteiger partial charge in [0.05, 0.1) is 35.5 Å². The Bertz CT molecular complexity index is 1880. The van der Waals surface area contributed by atoms with Crippen molar-refractivity contribution < 1.29 is 24.2 Å². The Morgan fingerprint density at radius 2 is 1.65 bits per heavy atom. The van der Waals surface area contributed by atoms with E-state index in [0.29, 0.717) is 56.1 Å². The third-order valence-electron chi connectivity index (χ3n) is 10.4. The monoisotopic (exact) mass is 663 g/mol. The van der Waals surface area contributed by atoms with Crippen LogP contribution in [0.4, 0.5) is 4.79 Å². The van der Waals surface area contributed by atoms with Crippen molar-refractivity contribution in [3.05, 3.63) is 100 Å². The molecule has 0 spiro atoms. The molecule has 3 aromatic carbocycles. The number of nitrogens with zero attached hydrogens (tertiary/aromatic N) is 5. The first-order valence-corrected chi connectivity index (χ1v) is 17.5. The molecule has 1 N–H and O–H groups in total. The quantitative estimate of drug-likeness (QED) is 0.270. The molecule has 0 aliphatic carbocycles. The maximum atomic E-state index is 15.1. The zero-order valence-electron chi connectivity index (χ0n) is 28.4. The van der Waals surface area contributed by atoms with Crippen LogP contribution >= 0.6 is 0 Å². The summed E-state index contributed by atoms with van der Waals surface area (Å²) < 4.78 is 7.62. The SMILES string of the molecule is CCCCN(C)C(=O)c1cn(-c2cc3c(cc2C(=O)N2Cc4ccccc4C[C@H]2CN2CCOCC2)CN(C(=O)O)CC3)c2ccccc12. The molecular weight excluding hydrogens is 618 g/mol. The molecule has 4 heterocycles. The van der Waals surface area contributed by atoms with Gasteiger partial charge in [-0.1, -0.05) is 55.8 Å². The molecule has 256 valence electrons. The summed E-state index contributed by atoms with van der Waals surface area (Å²) in [5, 5.41) is 10.7. The molecular formula is C39H45N5O5. The number of amides is 3. The number of aromatic nitrogens is 1. The minimum Gasteiger partial charge on any atom is -0.465 e. The molecule has 0 saturated carbocycles. The van der Waals surface area contributed by atoms with Crippen LogP contribution in [0.1, 0.15) is 62.7 Å². The second-order valence-electron chi connectivity index (χ2n) is 13.6. The molecule has 49 heavy (non-hydrogen) atoms. The smallest absolute Gasteiger partial charge is 0.407 e. The van der Waals surface area contributed by atoms with E-state index in [-0.39, 0.29) is 24.4 Å². The van der Waals surface area contributed by atoms with Crippen LogP contribution < -0.4 is 0 Å². The lowest BCUT2D eigenvalue weighted by Crippen LogP contribution is -2.52. The fraction of sp³-hybridized carbons (Fsp3) is 0.410. The molecule has 1 aromatic heterocycles. The zero-order chi connectivity index (χ0) is 34.1. The van der Waals surface area contributed by atoms with E-state index in [1.165, 1.54) is 10.5 Å². The van der Waals surface area contributed by atoms with E-state index in [1.54, 1.807) is 4.90 Å². The number of carbonyl (C=O) groups excluding carboxylic acids is 2. The summed E-state index contributed by atoms with van der Waals surface area (Å²) in [7, 11) is 1.84. The number of hydrogen-bond acceptors (Lipinski definition) is 5. The van der Waals surface area contributed by atoms with E-state index < -0.39 is 6.09 Å². The minimum absolute atomic E-state index is 0.0503. The highest BCUT2D eigenvalue weighted by Gasteiger charge is 2.35. The van der Waals surface area contributed by atoms with Crippen molar-refractivity contribution in [2.45, 2.75) is 51.7 Å². The number of ether oxygens (including phenoxy) is 1. The van der Waals surface area contributed by atoms with Crippen molar-refractivity contribution in [2.75, 3.05) is 53.0 Å². The molecule has 10 heteroatoms. The highest BCUT2D eigenvalue weighted by molar-refractivity contribution is 6.08. The van der Waals surface area contributed by atoms with Crippen molar-refractivity contribution in [3.63, 3.8) is 0 Å². The van der Waals surface area contributed by atoms with Crippen molar-refractivity contribution in [1.82, 2.24) is 24.2 Å². The summed E-state index contributed by atoms with van der Waals surface area (Å²) in [5.74, 6) is -0.145. The lowest BCUT2D eigenvalue weighted by molar-refractivity contribution is 0.0193. The van der Waals surface area contributed by atoms with Crippen molar-refractivity contribution in [2.24, 2.45) is 0 Å². The first-order valence-electron chi connectivity index (χ1n) is 17.5. The molecule has 10 nitrogen and oxygen atoms in total. The number of benzene rings is 3. The topological polar surface area (TPSA) is 98.6 Å². The fourth-order valence-electron chi connectivity index (χ4n) is 7.61. The minimum atomic E-state index is -0.965. The van der Waals surface area contributed by atoms with Gasteiger partial charge in [0.25, 0.3) is 11.8 Å². The Hall–Kier alpha value is -4.67. The van der Waals surface area contributed by atoms with Gasteiger partial charge >= 0.3 is 6.09 Å². The third kappa shape index (κ3) is 6.55. The van der Waals surface area contributed by atoms with Gasteiger partial charge < -0.3 is 29.1 Å². The summed E-state index contributed by atoms with van der Waals surface area (Å²) in [6, 6.07) is 20.1. The van der Waals surface area contributed by atoms with E-state index in [9.17, 15) is 14.7 Å². The Morgan fingerprint density at radius 3 is 2.43 bits per heavy atom. The summed E-state index contributed by atoms with van der Waals surface area (Å²) in [4.78, 5) is 48.5. The van der Waals surface area contributed by atoms with Gasteiger partial charge in [-0.25, -0.2) is 4.79 Å². The van der Waals surface area contributed by atoms with Crippen LogP contribution in [0, 0.1) is 0 Å². The second kappa shape index (κ2) is 14.1. The maximum Gasteiger partial charge on any atom is 0.407 e. The second-order valence-corrected chi connectivity index (χ2v) is 13.6. The first-order chi connectivity index (χ1) is 23.8. The molecule has 0 unspecified atom stereocenters. The predicted molar refractivity (Wildman–Crippen MR) is 188 cm³/mol. The van der Waals surface area contributed by atoms with Gasteiger partial charge in [-0.2, -0.15) is 0 Å². The summed E-state index contributed by atoms with van der Waals surface area (Å²) in [6.07, 6.45) is 4.13. The molecule has 1 atom stereocenters. The number of hydrogen-bond donors (Lipinski definition) is 1. The molecule has 1 fully saturated rings. The van der Waals surface area contributed by atoms with Gasteiger partial charge in [0.15, 0.2) is 0 Å². The number of carboxylic acid groups (broad SMARTS) is 1. The van der Waals surface area contributed by atoms with Gasteiger partial charge in [-0.05, 0) is 59.7 Å². The van der Waals surface area contributed by atoms with E-state index in [0.717, 1.165) is 66.5 Å². The van der Waals surface area contributed by atoms with E-state index in [4.69, 9.17) is 4.74 Å². The van der Waals surface area contributed by atoms with Crippen molar-refractivity contribution >= 4 is 28.8 Å². The summed E-state index contributed by atoms with van der Waals surface area (Å²) >= 11 is 0. The Morgan fingerprint density at radius 1 is 0.898 bits per heavy atom. The molecule has 3 aliphatic rings. The van der Waals surface area contributed by atoms with Crippen LogP contribution in [-0.4, -0.2) is 106 Å². The predicted octanol–water partition coefficient (Wildman–Crippen LogP) is 5.44. The molecule has 1 saturated heterocycles. The number of para-hydroxylation sites is 1. The van der Waals surface area contributed by atoms with Crippen LogP contribution in [0.5, 0.6) is 0 Å². The largest absolute Gasteiger partial charge is 0.465 e. The molecule has 0 bridgehead atoms.